The van der Waals surface area contributed by atoms with Gasteiger partial charge in [0.25, 0.3) is 0 Å². The van der Waals surface area contributed by atoms with E-state index >= 15 is 0 Å². The largest absolute Gasteiger partial charge is 0.497 e. The van der Waals surface area contributed by atoms with Gasteiger partial charge in [-0.25, -0.2) is 4.79 Å². The topological polar surface area (TPSA) is 70.6 Å². The van der Waals surface area contributed by atoms with E-state index in [1.165, 1.54) is 5.56 Å². The second-order valence-corrected chi connectivity index (χ2v) is 6.32. The Morgan fingerprint density at radius 1 is 1.30 bits per heavy atom. The van der Waals surface area contributed by atoms with E-state index in [2.05, 4.69) is 29.7 Å². The van der Waals surface area contributed by atoms with Gasteiger partial charge in [0.1, 0.15) is 5.75 Å². The van der Waals surface area contributed by atoms with Gasteiger partial charge in [0.05, 0.1) is 19.3 Å². The van der Waals surface area contributed by atoms with Gasteiger partial charge in [-0.1, -0.05) is 31.9 Å². The number of nitrogens with one attached hydrogen (secondary N) is 2. The van der Waals surface area contributed by atoms with Crippen LogP contribution in [-0.4, -0.2) is 36.9 Å². The molecule has 1 aliphatic carbocycles. The van der Waals surface area contributed by atoms with Gasteiger partial charge in [0, 0.05) is 6.54 Å². The summed E-state index contributed by atoms with van der Waals surface area (Å²) >= 11 is 0. The number of hydrogen-bond acceptors (Lipinski definition) is 3. The van der Waals surface area contributed by atoms with Crippen molar-refractivity contribution in [1.82, 2.24) is 10.6 Å². The Balaban J connectivity index is 1.69. The highest BCUT2D eigenvalue weighted by molar-refractivity contribution is 5.74. The normalized spacial score (nSPS) is 22.2. The van der Waals surface area contributed by atoms with E-state index in [4.69, 9.17) is 4.74 Å². The minimum absolute atomic E-state index is 0.109. The van der Waals surface area contributed by atoms with E-state index in [1.807, 2.05) is 12.1 Å². The standard InChI is InChI=1S/C18H28N2O3/c1-13(14-7-9-15(23-2)10-8-14)11-12-19-18(22)20-16-5-3-4-6-17(16)21/h7-10,13,16-17,21H,3-6,11-12H2,1-2H3,(H2,19,20,22). The molecule has 1 aliphatic rings. The molecule has 23 heavy (non-hydrogen) atoms. The lowest BCUT2D eigenvalue weighted by molar-refractivity contribution is 0.0943. The van der Waals surface area contributed by atoms with Crippen molar-refractivity contribution in [3.8, 4) is 5.75 Å². The first-order chi connectivity index (χ1) is 11.1. The highest BCUT2D eigenvalue weighted by Crippen LogP contribution is 2.21. The van der Waals surface area contributed by atoms with E-state index in [1.54, 1.807) is 7.11 Å². The second kappa shape index (κ2) is 8.77. The van der Waals surface area contributed by atoms with Gasteiger partial charge >= 0.3 is 6.03 Å². The van der Waals surface area contributed by atoms with Crippen LogP contribution in [0.3, 0.4) is 0 Å². The first-order valence-electron chi connectivity index (χ1n) is 8.46. The molecule has 5 heteroatoms. The third-order valence-corrected chi connectivity index (χ3v) is 4.59. The average Bonchev–Trinajstić information content (AvgIpc) is 2.57. The average molecular weight is 320 g/mol. The van der Waals surface area contributed by atoms with Crippen molar-refractivity contribution in [3.63, 3.8) is 0 Å². The molecule has 0 bridgehead atoms. The van der Waals surface area contributed by atoms with Crippen LogP contribution in [0.15, 0.2) is 24.3 Å². The van der Waals surface area contributed by atoms with Crippen LogP contribution in [-0.2, 0) is 0 Å². The molecule has 5 nitrogen and oxygen atoms in total. The fourth-order valence-corrected chi connectivity index (χ4v) is 3.00. The zero-order chi connectivity index (χ0) is 16.7. The van der Waals surface area contributed by atoms with Crippen LogP contribution in [0.1, 0.15) is 50.5 Å². The van der Waals surface area contributed by atoms with Crippen molar-refractivity contribution in [3.05, 3.63) is 29.8 Å². The number of rotatable bonds is 6. The lowest BCUT2D eigenvalue weighted by atomic mass is 9.93. The summed E-state index contributed by atoms with van der Waals surface area (Å²) in [7, 11) is 1.66. The van der Waals surface area contributed by atoms with Gasteiger partial charge in [0.2, 0.25) is 0 Å². The second-order valence-electron chi connectivity index (χ2n) is 6.32. The summed E-state index contributed by atoms with van der Waals surface area (Å²) in [5.41, 5.74) is 1.23. The SMILES string of the molecule is COc1ccc(C(C)CCNC(=O)NC2CCCCC2O)cc1. The number of methoxy groups -OCH3 is 1. The molecule has 1 fully saturated rings. The van der Waals surface area contributed by atoms with Crippen molar-refractivity contribution in [2.45, 2.75) is 57.1 Å². The van der Waals surface area contributed by atoms with Crippen molar-refractivity contribution in [2.24, 2.45) is 0 Å². The molecule has 0 aliphatic heterocycles. The molecular weight excluding hydrogens is 292 g/mol. The van der Waals surface area contributed by atoms with Crippen molar-refractivity contribution in [2.75, 3.05) is 13.7 Å². The Hall–Kier alpha value is -1.75. The molecule has 3 atom stereocenters. The molecule has 0 spiro atoms. The number of carbonyl (C=O) groups is 1. The van der Waals surface area contributed by atoms with Crippen LogP contribution in [0.25, 0.3) is 0 Å². The predicted octanol–water partition coefficient (Wildman–Crippen LogP) is 2.79. The molecule has 2 amide bonds. The number of aliphatic hydroxyl groups is 1. The molecule has 2 rings (SSSR count). The highest BCUT2D eigenvalue weighted by Gasteiger charge is 2.24. The molecule has 1 aromatic carbocycles. The van der Waals surface area contributed by atoms with E-state index in [0.717, 1.165) is 37.9 Å². The maximum Gasteiger partial charge on any atom is 0.315 e. The maximum atomic E-state index is 11.9. The van der Waals surface area contributed by atoms with Crippen molar-refractivity contribution < 1.29 is 14.6 Å². The van der Waals surface area contributed by atoms with Gasteiger partial charge in [-0.3, -0.25) is 0 Å². The fourth-order valence-electron chi connectivity index (χ4n) is 3.00. The highest BCUT2D eigenvalue weighted by atomic mass is 16.5. The molecule has 0 radical (unpaired) electrons. The molecule has 3 N–H and O–H groups in total. The summed E-state index contributed by atoms with van der Waals surface area (Å²) in [5, 5.41) is 15.6. The number of urea groups is 1. The number of hydrogen-bond donors (Lipinski definition) is 3. The zero-order valence-electron chi connectivity index (χ0n) is 14.0. The third kappa shape index (κ3) is 5.43. The molecule has 0 aromatic heterocycles. The molecule has 0 saturated heterocycles. The smallest absolute Gasteiger partial charge is 0.315 e. The minimum Gasteiger partial charge on any atom is -0.497 e. The number of benzene rings is 1. The van der Waals surface area contributed by atoms with Crippen molar-refractivity contribution >= 4 is 6.03 Å². The Morgan fingerprint density at radius 3 is 2.65 bits per heavy atom. The predicted molar refractivity (Wildman–Crippen MR) is 90.8 cm³/mol. The van der Waals surface area contributed by atoms with Crippen LogP contribution in [0, 0.1) is 0 Å². The summed E-state index contributed by atoms with van der Waals surface area (Å²) in [6.07, 6.45) is 4.20. The molecule has 0 heterocycles. The maximum absolute atomic E-state index is 11.9. The van der Waals surface area contributed by atoms with E-state index in [9.17, 15) is 9.90 Å². The number of amides is 2. The summed E-state index contributed by atoms with van der Waals surface area (Å²) in [6, 6.07) is 7.73. The first kappa shape index (κ1) is 17.6. The van der Waals surface area contributed by atoms with E-state index in [0.29, 0.717) is 12.5 Å². The fraction of sp³-hybridized carbons (Fsp3) is 0.611. The van der Waals surface area contributed by atoms with Gasteiger partial charge < -0.3 is 20.5 Å². The minimum atomic E-state index is -0.410. The quantitative estimate of drug-likeness (QED) is 0.755. The molecule has 3 unspecified atom stereocenters. The molecular formula is C18H28N2O3. The summed E-state index contributed by atoms with van der Waals surface area (Å²) in [4.78, 5) is 11.9. The number of aliphatic hydroxyl groups excluding tert-OH is 1. The monoisotopic (exact) mass is 320 g/mol. The summed E-state index contributed by atoms with van der Waals surface area (Å²) in [6.45, 7) is 2.76. The van der Waals surface area contributed by atoms with Gasteiger partial charge in [-0.05, 0) is 42.9 Å². The molecule has 1 aromatic rings. The first-order valence-corrected chi connectivity index (χ1v) is 8.46. The van der Waals surface area contributed by atoms with E-state index < -0.39 is 6.10 Å². The van der Waals surface area contributed by atoms with Gasteiger partial charge in [-0.2, -0.15) is 0 Å². The van der Waals surface area contributed by atoms with Crippen LogP contribution < -0.4 is 15.4 Å². The van der Waals surface area contributed by atoms with Crippen LogP contribution in [0.4, 0.5) is 4.79 Å². The van der Waals surface area contributed by atoms with Crippen LogP contribution >= 0.6 is 0 Å². The molecule has 128 valence electrons. The van der Waals surface area contributed by atoms with Crippen LogP contribution in [0.5, 0.6) is 5.75 Å². The Bertz CT molecular complexity index is 490. The lowest BCUT2D eigenvalue weighted by Gasteiger charge is -2.28. The van der Waals surface area contributed by atoms with Crippen LogP contribution in [0.2, 0.25) is 0 Å². The number of ether oxygens (including phenoxy) is 1. The Morgan fingerprint density at radius 2 is 2.00 bits per heavy atom. The lowest BCUT2D eigenvalue weighted by Crippen LogP contribution is -2.49. The third-order valence-electron chi connectivity index (χ3n) is 4.59. The van der Waals surface area contributed by atoms with Gasteiger partial charge in [0.15, 0.2) is 0 Å². The summed E-state index contributed by atoms with van der Waals surface area (Å²) in [5.74, 6) is 1.21. The van der Waals surface area contributed by atoms with Gasteiger partial charge in [-0.15, -0.1) is 0 Å². The van der Waals surface area contributed by atoms with Crippen molar-refractivity contribution in [1.29, 1.82) is 0 Å². The Labute approximate surface area is 138 Å². The van der Waals surface area contributed by atoms with E-state index in [-0.39, 0.29) is 12.1 Å². The number of carbonyl (C=O) groups excluding carboxylic acids is 1. The Kier molecular flexibility index (Phi) is 6.71. The molecule has 1 saturated carbocycles. The zero-order valence-corrected chi connectivity index (χ0v) is 14.0. The summed E-state index contributed by atoms with van der Waals surface area (Å²) < 4.78 is 5.16.